The maximum absolute atomic E-state index is 4.64. The Hall–Kier alpha value is -5.67. The average Bonchev–Trinajstić information content (AvgIpc) is 3.68. The fourth-order valence-electron chi connectivity index (χ4n) is 7.36. The van der Waals surface area contributed by atoms with Crippen LogP contribution in [0.2, 0.25) is 0 Å². The summed E-state index contributed by atoms with van der Waals surface area (Å²) >= 11 is 0. The first-order valence-electron chi connectivity index (χ1n) is 14.4. The Labute approximate surface area is 241 Å². The SMILES string of the molecule is c1cc2c3c(ccnc3c1)-c1ccc(-n3c4ccccc4c4cc(-n5c6ccccc6c6ccccc65)ccc43)cc1-2. The third-order valence-corrected chi connectivity index (χ3v) is 9.10. The van der Waals surface area contributed by atoms with Gasteiger partial charge in [0.05, 0.1) is 27.6 Å². The van der Waals surface area contributed by atoms with E-state index in [1.165, 1.54) is 82.6 Å². The molecule has 0 spiro atoms. The maximum Gasteiger partial charge on any atom is 0.0714 e. The lowest BCUT2D eigenvalue weighted by molar-refractivity contribution is 1.17. The Morgan fingerprint density at radius 2 is 0.952 bits per heavy atom. The summed E-state index contributed by atoms with van der Waals surface area (Å²) < 4.78 is 4.82. The molecule has 0 unspecified atom stereocenters. The van der Waals surface area contributed by atoms with Crippen molar-refractivity contribution in [3.8, 4) is 33.6 Å². The van der Waals surface area contributed by atoms with Gasteiger partial charge in [-0.2, -0.15) is 0 Å². The lowest BCUT2D eigenvalue weighted by atomic mass is 10.0. The molecule has 42 heavy (non-hydrogen) atoms. The van der Waals surface area contributed by atoms with E-state index in [2.05, 4.69) is 148 Å². The van der Waals surface area contributed by atoms with E-state index in [0.717, 1.165) is 5.52 Å². The van der Waals surface area contributed by atoms with Gasteiger partial charge in [0.1, 0.15) is 0 Å². The zero-order chi connectivity index (χ0) is 27.4. The van der Waals surface area contributed by atoms with E-state index in [-0.39, 0.29) is 0 Å². The summed E-state index contributed by atoms with van der Waals surface area (Å²) in [6.45, 7) is 0. The zero-order valence-corrected chi connectivity index (χ0v) is 22.6. The van der Waals surface area contributed by atoms with Crippen LogP contribution in [0.3, 0.4) is 0 Å². The van der Waals surface area contributed by atoms with Gasteiger partial charge in [0, 0.05) is 44.5 Å². The highest BCUT2D eigenvalue weighted by Crippen LogP contribution is 2.47. The van der Waals surface area contributed by atoms with Gasteiger partial charge in [0.2, 0.25) is 0 Å². The lowest BCUT2D eigenvalue weighted by Crippen LogP contribution is -1.96. The average molecular weight is 534 g/mol. The van der Waals surface area contributed by atoms with E-state index < -0.39 is 0 Å². The van der Waals surface area contributed by atoms with Gasteiger partial charge in [0.25, 0.3) is 0 Å². The minimum absolute atomic E-state index is 1.05. The van der Waals surface area contributed by atoms with Crippen LogP contribution >= 0.6 is 0 Å². The van der Waals surface area contributed by atoms with Gasteiger partial charge >= 0.3 is 0 Å². The van der Waals surface area contributed by atoms with Crippen LogP contribution in [-0.4, -0.2) is 14.1 Å². The normalized spacial score (nSPS) is 12.3. The maximum atomic E-state index is 4.64. The minimum atomic E-state index is 1.05. The summed E-state index contributed by atoms with van der Waals surface area (Å²) in [5.74, 6) is 0. The molecule has 0 atom stereocenters. The van der Waals surface area contributed by atoms with Gasteiger partial charge < -0.3 is 9.13 Å². The molecule has 3 aromatic heterocycles. The Bertz CT molecular complexity index is 2520. The van der Waals surface area contributed by atoms with Crippen LogP contribution in [0.1, 0.15) is 0 Å². The molecule has 0 radical (unpaired) electrons. The predicted molar refractivity (Wildman–Crippen MR) is 175 cm³/mol. The number of hydrogen-bond donors (Lipinski definition) is 0. The van der Waals surface area contributed by atoms with Crippen LogP contribution in [0.5, 0.6) is 0 Å². The number of pyridine rings is 1. The molecule has 194 valence electrons. The van der Waals surface area contributed by atoms with E-state index in [9.17, 15) is 0 Å². The summed E-state index contributed by atoms with van der Waals surface area (Å²) in [5.41, 5.74) is 13.4. The van der Waals surface area contributed by atoms with Crippen LogP contribution in [0, 0.1) is 0 Å². The largest absolute Gasteiger partial charge is 0.309 e. The molecule has 3 nitrogen and oxygen atoms in total. The number of hydrogen-bond acceptors (Lipinski definition) is 1. The standard InChI is InChI=1S/C39H23N3/c1-4-13-35-27(8-1)28-9-2-5-14-36(28)41(35)25-17-19-38-33(23-25)29-10-3-6-15-37(29)42(38)24-16-18-26-31-20-21-40-34-12-7-11-30(39(31)34)32(26)22-24/h1-23H. The fourth-order valence-corrected chi connectivity index (χ4v) is 7.36. The van der Waals surface area contributed by atoms with E-state index in [1.54, 1.807) is 0 Å². The van der Waals surface area contributed by atoms with Crippen LogP contribution in [0.25, 0.3) is 88.1 Å². The molecule has 0 fully saturated rings. The highest BCUT2D eigenvalue weighted by atomic mass is 15.0. The van der Waals surface area contributed by atoms with Gasteiger partial charge in [0.15, 0.2) is 0 Å². The van der Waals surface area contributed by atoms with Crippen molar-refractivity contribution in [3.63, 3.8) is 0 Å². The summed E-state index contributed by atoms with van der Waals surface area (Å²) in [7, 11) is 0. The highest BCUT2D eigenvalue weighted by Gasteiger charge is 2.23. The zero-order valence-electron chi connectivity index (χ0n) is 22.6. The second-order valence-corrected chi connectivity index (χ2v) is 11.2. The van der Waals surface area contributed by atoms with Crippen molar-refractivity contribution in [2.45, 2.75) is 0 Å². The highest BCUT2D eigenvalue weighted by molar-refractivity contribution is 6.15. The summed E-state index contributed by atoms with van der Waals surface area (Å²) in [6.07, 6.45) is 1.92. The molecule has 10 rings (SSSR count). The third-order valence-electron chi connectivity index (χ3n) is 9.10. The van der Waals surface area contributed by atoms with Crippen molar-refractivity contribution < 1.29 is 0 Å². The Kier molecular flexibility index (Phi) is 4.18. The molecule has 1 aliphatic rings. The van der Waals surface area contributed by atoms with Crippen LogP contribution < -0.4 is 0 Å². The molecule has 3 heterocycles. The van der Waals surface area contributed by atoms with Crippen molar-refractivity contribution in [1.82, 2.24) is 14.1 Å². The van der Waals surface area contributed by atoms with Crippen molar-refractivity contribution >= 4 is 54.5 Å². The number of fused-ring (bicyclic) bond motifs is 9. The molecule has 6 aromatic carbocycles. The summed E-state index contributed by atoms with van der Waals surface area (Å²) in [6, 6.07) is 48.6. The molecule has 3 heteroatoms. The van der Waals surface area contributed by atoms with Crippen molar-refractivity contribution in [2.24, 2.45) is 0 Å². The van der Waals surface area contributed by atoms with E-state index in [1.807, 2.05) is 6.20 Å². The van der Waals surface area contributed by atoms with Gasteiger partial charge in [-0.15, -0.1) is 0 Å². The van der Waals surface area contributed by atoms with Crippen LogP contribution in [-0.2, 0) is 0 Å². The topological polar surface area (TPSA) is 22.8 Å². The third kappa shape index (κ3) is 2.77. The number of nitrogens with zero attached hydrogens (tertiary/aromatic N) is 3. The second kappa shape index (κ2) is 7.96. The van der Waals surface area contributed by atoms with Gasteiger partial charge in [-0.05, 0) is 82.9 Å². The Morgan fingerprint density at radius 1 is 0.381 bits per heavy atom. The first kappa shape index (κ1) is 22.1. The monoisotopic (exact) mass is 533 g/mol. The first-order valence-corrected chi connectivity index (χ1v) is 14.4. The number of para-hydroxylation sites is 3. The fraction of sp³-hybridized carbons (Fsp3) is 0. The molecule has 0 amide bonds. The van der Waals surface area contributed by atoms with E-state index in [0.29, 0.717) is 0 Å². The number of aromatic nitrogens is 3. The smallest absolute Gasteiger partial charge is 0.0714 e. The van der Waals surface area contributed by atoms with Crippen LogP contribution in [0.15, 0.2) is 140 Å². The summed E-state index contributed by atoms with van der Waals surface area (Å²) in [4.78, 5) is 4.64. The van der Waals surface area contributed by atoms with Crippen molar-refractivity contribution in [1.29, 1.82) is 0 Å². The van der Waals surface area contributed by atoms with Crippen molar-refractivity contribution in [2.75, 3.05) is 0 Å². The predicted octanol–water partition coefficient (Wildman–Crippen LogP) is 10.1. The molecule has 0 N–H and O–H groups in total. The first-order chi connectivity index (χ1) is 20.8. The Morgan fingerprint density at radius 3 is 1.67 bits per heavy atom. The molecule has 1 aliphatic carbocycles. The molecular weight excluding hydrogens is 510 g/mol. The van der Waals surface area contributed by atoms with Crippen molar-refractivity contribution in [3.05, 3.63) is 140 Å². The molecule has 0 bridgehead atoms. The van der Waals surface area contributed by atoms with E-state index >= 15 is 0 Å². The molecular formula is C39H23N3. The van der Waals surface area contributed by atoms with Gasteiger partial charge in [-0.1, -0.05) is 72.8 Å². The number of rotatable bonds is 2. The van der Waals surface area contributed by atoms with Gasteiger partial charge in [-0.3, -0.25) is 4.98 Å². The molecule has 9 aromatic rings. The molecule has 0 saturated heterocycles. The molecule has 0 saturated carbocycles. The van der Waals surface area contributed by atoms with Gasteiger partial charge in [-0.25, -0.2) is 0 Å². The lowest BCUT2D eigenvalue weighted by Gasteiger charge is -2.12. The quantitative estimate of drug-likeness (QED) is 0.217. The Balaban J connectivity index is 1.24. The number of benzene rings is 6. The summed E-state index contributed by atoms with van der Waals surface area (Å²) in [5, 5.41) is 6.32. The minimum Gasteiger partial charge on any atom is -0.309 e. The molecule has 0 aliphatic heterocycles. The van der Waals surface area contributed by atoms with Crippen LogP contribution in [0.4, 0.5) is 0 Å². The van der Waals surface area contributed by atoms with E-state index in [4.69, 9.17) is 0 Å². The second-order valence-electron chi connectivity index (χ2n) is 11.2.